The zero-order valence-corrected chi connectivity index (χ0v) is 15.2. The molecule has 0 aliphatic carbocycles. The molecule has 2 aromatic rings. The standard InChI is InChI=1S/C18H25N5O3/c1-3-24-17-15(5-4-6-21-17)25-11-12-26-18-16(20-7-8-22-18)23-10-9-19-13-14(23)2/h4-8,14,19H,3,9-13H2,1-2H3. The minimum atomic E-state index is 0.336. The van der Waals surface area contributed by atoms with Crippen LogP contribution in [0.3, 0.4) is 0 Å². The fourth-order valence-corrected chi connectivity index (χ4v) is 2.79. The number of rotatable bonds is 8. The van der Waals surface area contributed by atoms with Crippen LogP contribution in [0.5, 0.6) is 17.5 Å². The topological polar surface area (TPSA) is 81.6 Å². The lowest BCUT2D eigenvalue weighted by Crippen LogP contribution is -2.50. The van der Waals surface area contributed by atoms with Crippen molar-refractivity contribution in [1.29, 1.82) is 0 Å². The number of piperazine rings is 1. The maximum Gasteiger partial charge on any atom is 0.257 e. The summed E-state index contributed by atoms with van der Waals surface area (Å²) < 4.78 is 17.0. The van der Waals surface area contributed by atoms with E-state index in [9.17, 15) is 0 Å². The van der Waals surface area contributed by atoms with Crippen LogP contribution in [-0.2, 0) is 0 Å². The van der Waals surface area contributed by atoms with E-state index < -0.39 is 0 Å². The van der Waals surface area contributed by atoms with E-state index in [1.54, 1.807) is 18.6 Å². The minimum Gasteiger partial charge on any atom is -0.484 e. The first-order valence-corrected chi connectivity index (χ1v) is 8.91. The number of hydrogen-bond donors (Lipinski definition) is 1. The molecular formula is C18H25N5O3. The van der Waals surface area contributed by atoms with Crippen LogP contribution in [0.25, 0.3) is 0 Å². The van der Waals surface area contributed by atoms with Crippen LogP contribution in [0, 0.1) is 0 Å². The first-order chi connectivity index (χ1) is 12.8. The van der Waals surface area contributed by atoms with Crippen LogP contribution in [-0.4, -0.2) is 60.4 Å². The van der Waals surface area contributed by atoms with E-state index in [0.29, 0.717) is 43.4 Å². The molecule has 0 amide bonds. The summed E-state index contributed by atoms with van der Waals surface area (Å²) in [5.74, 6) is 2.40. The van der Waals surface area contributed by atoms with Crippen molar-refractivity contribution in [3.8, 4) is 17.5 Å². The lowest BCUT2D eigenvalue weighted by Gasteiger charge is -2.35. The van der Waals surface area contributed by atoms with Gasteiger partial charge in [0.2, 0.25) is 0 Å². The van der Waals surface area contributed by atoms with E-state index in [2.05, 4.69) is 32.1 Å². The highest BCUT2D eigenvalue weighted by Crippen LogP contribution is 2.26. The zero-order chi connectivity index (χ0) is 18.2. The van der Waals surface area contributed by atoms with Gasteiger partial charge in [0.25, 0.3) is 11.8 Å². The summed E-state index contributed by atoms with van der Waals surface area (Å²) >= 11 is 0. The van der Waals surface area contributed by atoms with E-state index in [-0.39, 0.29) is 0 Å². The van der Waals surface area contributed by atoms with Gasteiger partial charge in [0.1, 0.15) is 13.2 Å². The number of ether oxygens (including phenoxy) is 3. The summed E-state index contributed by atoms with van der Waals surface area (Å²) in [4.78, 5) is 15.2. The third kappa shape index (κ3) is 4.51. The molecule has 1 aliphatic heterocycles. The molecule has 1 fully saturated rings. The Morgan fingerprint density at radius 3 is 2.73 bits per heavy atom. The highest BCUT2D eigenvalue weighted by Gasteiger charge is 2.23. The lowest BCUT2D eigenvalue weighted by molar-refractivity contribution is 0.201. The van der Waals surface area contributed by atoms with Crippen molar-refractivity contribution >= 4 is 5.82 Å². The quantitative estimate of drug-likeness (QED) is 0.711. The van der Waals surface area contributed by atoms with Gasteiger partial charge >= 0.3 is 0 Å². The fourth-order valence-electron chi connectivity index (χ4n) is 2.79. The van der Waals surface area contributed by atoms with Crippen molar-refractivity contribution in [3.05, 3.63) is 30.7 Å². The van der Waals surface area contributed by atoms with Crippen LogP contribution in [0.1, 0.15) is 13.8 Å². The molecule has 1 aliphatic rings. The summed E-state index contributed by atoms with van der Waals surface area (Å²) in [6, 6.07) is 3.97. The molecule has 1 atom stereocenters. The van der Waals surface area contributed by atoms with Crippen molar-refractivity contribution < 1.29 is 14.2 Å². The smallest absolute Gasteiger partial charge is 0.257 e. The van der Waals surface area contributed by atoms with Gasteiger partial charge in [0.05, 0.1) is 6.61 Å². The van der Waals surface area contributed by atoms with Gasteiger partial charge < -0.3 is 24.4 Å². The molecule has 3 heterocycles. The molecule has 140 valence electrons. The monoisotopic (exact) mass is 359 g/mol. The second-order valence-electron chi connectivity index (χ2n) is 5.87. The average molecular weight is 359 g/mol. The molecule has 1 unspecified atom stereocenters. The predicted molar refractivity (Wildman–Crippen MR) is 98.1 cm³/mol. The SMILES string of the molecule is CCOc1ncccc1OCCOc1nccnc1N1CCNCC1C. The largest absolute Gasteiger partial charge is 0.484 e. The third-order valence-electron chi connectivity index (χ3n) is 4.02. The van der Waals surface area contributed by atoms with Gasteiger partial charge in [-0.25, -0.2) is 15.0 Å². The second kappa shape index (κ2) is 9.19. The van der Waals surface area contributed by atoms with Gasteiger partial charge in [-0.1, -0.05) is 0 Å². The second-order valence-corrected chi connectivity index (χ2v) is 5.87. The Labute approximate surface area is 153 Å². The van der Waals surface area contributed by atoms with Crippen LogP contribution in [0.2, 0.25) is 0 Å². The fraction of sp³-hybridized carbons (Fsp3) is 0.500. The number of aromatic nitrogens is 3. The van der Waals surface area contributed by atoms with Gasteiger partial charge in [-0.3, -0.25) is 0 Å². The molecule has 0 saturated carbocycles. The normalized spacial score (nSPS) is 17.0. The van der Waals surface area contributed by atoms with Gasteiger partial charge in [-0.15, -0.1) is 0 Å². The summed E-state index contributed by atoms with van der Waals surface area (Å²) in [5.41, 5.74) is 0. The predicted octanol–water partition coefficient (Wildman–Crippen LogP) is 1.53. The van der Waals surface area contributed by atoms with Crippen molar-refractivity contribution in [3.63, 3.8) is 0 Å². The molecule has 0 aromatic carbocycles. The Morgan fingerprint density at radius 1 is 1.08 bits per heavy atom. The number of hydrogen-bond acceptors (Lipinski definition) is 8. The van der Waals surface area contributed by atoms with E-state index in [1.807, 2.05) is 19.1 Å². The van der Waals surface area contributed by atoms with E-state index in [4.69, 9.17) is 14.2 Å². The molecule has 2 aromatic heterocycles. The summed E-state index contributed by atoms with van der Waals surface area (Å²) in [7, 11) is 0. The molecule has 8 heteroatoms. The molecule has 3 rings (SSSR count). The average Bonchev–Trinajstić information content (AvgIpc) is 2.67. The van der Waals surface area contributed by atoms with Crippen molar-refractivity contribution in [2.45, 2.75) is 19.9 Å². The number of nitrogens with zero attached hydrogens (tertiary/aromatic N) is 4. The first kappa shape index (κ1) is 18.2. The third-order valence-corrected chi connectivity index (χ3v) is 4.02. The molecular weight excluding hydrogens is 334 g/mol. The minimum absolute atomic E-state index is 0.336. The maximum atomic E-state index is 5.84. The molecule has 0 bridgehead atoms. The Bertz CT molecular complexity index is 700. The van der Waals surface area contributed by atoms with E-state index in [1.165, 1.54) is 0 Å². The Morgan fingerprint density at radius 2 is 1.88 bits per heavy atom. The molecule has 26 heavy (non-hydrogen) atoms. The summed E-state index contributed by atoms with van der Waals surface area (Å²) in [6.07, 6.45) is 5.01. The number of pyridine rings is 1. The van der Waals surface area contributed by atoms with Crippen LogP contribution >= 0.6 is 0 Å². The van der Waals surface area contributed by atoms with Gasteiger partial charge in [0, 0.05) is 44.3 Å². The Balaban J connectivity index is 1.57. The summed E-state index contributed by atoms with van der Waals surface area (Å²) in [5, 5.41) is 3.37. The lowest BCUT2D eigenvalue weighted by atomic mass is 10.2. The number of nitrogens with one attached hydrogen (secondary N) is 1. The maximum absolute atomic E-state index is 5.84. The van der Waals surface area contributed by atoms with Crippen molar-refractivity contribution in [2.24, 2.45) is 0 Å². The highest BCUT2D eigenvalue weighted by molar-refractivity contribution is 5.49. The first-order valence-electron chi connectivity index (χ1n) is 8.91. The van der Waals surface area contributed by atoms with Crippen LogP contribution in [0.4, 0.5) is 5.82 Å². The molecule has 1 N–H and O–H groups in total. The molecule has 8 nitrogen and oxygen atoms in total. The van der Waals surface area contributed by atoms with Crippen molar-refractivity contribution in [2.75, 3.05) is 44.4 Å². The van der Waals surface area contributed by atoms with Gasteiger partial charge in [-0.05, 0) is 26.0 Å². The highest BCUT2D eigenvalue weighted by atomic mass is 16.5. The molecule has 1 saturated heterocycles. The number of anilines is 1. The van der Waals surface area contributed by atoms with E-state index >= 15 is 0 Å². The molecule has 0 radical (unpaired) electrons. The molecule has 0 spiro atoms. The van der Waals surface area contributed by atoms with Gasteiger partial charge in [-0.2, -0.15) is 0 Å². The van der Waals surface area contributed by atoms with E-state index in [0.717, 1.165) is 25.5 Å². The van der Waals surface area contributed by atoms with Crippen LogP contribution < -0.4 is 24.4 Å². The van der Waals surface area contributed by atoms with Gasteiger partial charge in [0.15, 0.2) is 11.6 Å². The zero-order valence-electron chi connectivity index (χ0n) is 15.2. The van der Waals surface area contributed by atoms with Crippen LogP contribution in [0.15, 0.2) is 30.7 Å². The Hall–Kier alpha value is -2.61. The summed E-state index contributed by atoms with van der Waals surface area (Å²) in [6.45, 7) is 8.03. The van der Waals surface area contributed by atoms with Crippen molar-refractivity contribution in [1.82, 2.24) is 20.3 Å². The Kier molecular flexibility index (Phi) is 6.43.